The topological polar surface area (TPSA) is 67.5 Å². The number of hydrogen-bond acceptors (Lipinski definition) is 4. The molecule has 6 heteroatoms. The predicted molar refractivity (Wildman–Crippen MR) is 68.5 cm³/mol. The van der Waals surface area contributed by atoms with Crippen LogP contribution >= 0.6 is 0 Å². The number of benzene rings is 1. The summed E-state index contributed by atoms with van der Waals surface area (Å²) in [6.07, 6.45) is 1.86. The largest absolute Gasteiger partial charge is 0.488 e. The van der Waals surface area contributed by atoms with Crippen LogP contribution in [0, 0.1) is 6.92 Å². The summed E-state index contributed by atoms with van der Waals surface area (Å²) >= 11 is 0. The molecule has 1 aromatic heterocycles. The lowest BCUT2D eigenvalue weighted by Crippen LogP contribution is -2.31. The SMILES string of the molecule is Cc1cc(OCc2ccn(C)n2)ccc1B(O)O. The molecule has 0 fully saturated rings. The van der Waals surface area contributed by atoms with Gasteiger partial charge >= 0.3 is 7.12 Å². The Morgan fingerprint density at radius 1 is 1.33 bits per heavy atom. The van der Waals surface area contributed by atoms with Gasteiger partial charge in [0.15, 0.2) is 0 Å². The summed E-state index contributed by atoms with van der Waals surface area (Å²) in [6, 6.07) is 7.02. The molecule has 0 saturated carbocycles. The minimum Gasteiger partial charge on any atom is -0.487 e. The molecule has 2 N–H and O–H groups in total. The van der Waals surface area contributed by atoms with E-state index in [1.807, 2.05) is 26.2 Å². The lowest BCUT2D eigenvalue weighted by Gasteiger charge is -2.08. The van der Waals surface area contributed by atoms with E-state index in [1.165, 1.54) is 0 Å². The zero-order chi connectivity index (χ0) is 13.1. The standard InChI is InChI=1S/C12H15BN2O3/c1-9-7-11(3-4-12(9)13(16)17)18-8-10-5-6-15(2)14-10/h3-7,16-17H,8H2,1-2H3. The molecule has 0 bridgehead atoms. The molecule has 0 spiro atoms. The molecule has 0 aliphatic carbocycles. The average Bonchev–Trinajstić information content (AvgIpc) is 2.72. The van der Waals surface area contributed by atoms with Crippen molar-refractivity contribution in [3.05, 3.63) is 41.7 Å². The van der Waals surface area contributed by atoms with Crippen LogP contribution in [0.15, 0.2) is 30.5 Å². The summed E-state index contributed by atoms with van der Waals surface area (Å²) in [5, 5.41) is 22.4. The molecule has 0 atom stereocenters. The van der Waals surface area contributed by atoms with Crippen LogP contribution in [0.4, 0.5) is 0 Å². The summed E-state index contributed by atoms with van der Waals surface area (Å²) in [5.41, 5.74) is 2.12. The number of aromatic nitrogens is 2. The van der Waals surface area contributed by atoms with Gasteiger partial charge < -0.3 is 14.8 Å². The van der Waals surface area contributed by atoms with Crippen LogP contribution in [0.5, 0.6) is 5.75 Å². The Morgan fingerprint density at radius 2 is 2.11 bits per heavy atom. The smallest absolute Gasteiger partial charge is 0.487 e. The number of hydrogen-bond donors (Lipinski definition) is 2. The van der Waals surface area contributed by atoms with Gasteiger partial charge in [-0.15, -0.1) is 0 Å². The molecule has 2 aromatic rings. The van der Waals surface area contributed by atoms with Gasteiger partial charge in [0.25, 0.3) is 0 Å². The van der Waals surface area contributed by atoms with Crippen molar-refractivity contribution in [3.63, 3.8) is 0 Å². The van der Waals surface area contributed by atoms with Crippen molar-refractivity contribution in [2.45, 2.75) is 13.5 Å². The number of nitrogens with zero attached hydrogens (tertiary/aromatic N) is 2. The summed E-state index contributed by atoms with van der Waals surface area (Å²) < 4.78 is 7.30. The second-order valence-electron chi connectivity index (χ2n) is 4.16. The van der Waals surface area contributed by atoms with Crippen LogP contribution in [-0.4, -0.2) is 26.9 Å². The fourth-order valence-corrected chi connectivity index (χ4v) is 1.73. The number of ether oxygens (including phenoxy) is 1. The van der Waals surface area contributed by atoms with E-state index in [0.717, 1.165) is 11.3 Å². The molecule has 0 aliphatic rings. The van der Waals surface area contributed by atoms with Crippen LogP contribution in [0.1, 0.15) is 11.3 Å². The Labute approximate surface area is 106 Å². The van der Waals surface area contributed by atoms with E-state index in [-0.39, 0.29) is 0 Å². The van der Waals surface area contributed by atoms with E-state index >= 15 is 0 Å². The molecule has 1 heterocycles. The highest BCUT2D eigenvalue weighted by atomic mass is 16.5. The van der Waals surface area contributed by atoms with E-state index in [2.05, 4.69) is 5.10 Å². The second-order valence-corrected chi connectivity index (χ2v) is 4.16. The van der Waals surface area contributed by atoms with Gasteiger partial charge in [-0.2, -0.15) is 5.10 Å². The first kappa shape index (κ1) is 12.7. The Kier molecular flexibility index (Phi) is 3.69. The maximum Gasteiger partial charge on any atom is 0.488 e. The molecule has 1 aromatic carbocycles. The number of rotatable bonds is 4. The summed E-state index contributed by atoms with van der Waals surface area (Å²) in [7, 11) is 0.403. The minimum atomic E-state index is -1.45. The molecule has 18 heavy (non-hydrogen) atoms. The van der Waals surface area contributed by atoms with Crippen LogP contribution in [0.3, 0.4) is 0 Å². The van der Waals surface area contributed by atoms with Crippen molar-refractivity contribution in [2.24, 2.45) is 7.05 Å². The average molecular weight is 246 g/mol. The van der Waals surface area contributed by atoms with Crippen molar-refractivity contribution < 1.29 is 14.8 Å². The highest BCUT2D eigenvalue weighted by molar-refractivity contribution is 6.59. The Bertz CT molecular complexity index is 540. The first-order chi connectivity index (χ1) is 8.56. The maximum atomic E-state index is 9.11. The van der Waals surface area contributed by atoms with E-state index in [9.17, 15) is 0 Å². The zero-order valence-corrected chi connectivity index (χ0v) is 10.4. The fourth-order valence-electron chi connectivity index (χ4n) is 1.73. The van der Waals surface area contributed by atoms with Crippen LogP contribution in [0.25, 0.3) is 0 Å². The van der Waals surface area contributed by atoms with E-state index in [0.29, 0.717) is 17.8 Å². The highest BCUT2D eigenvalue weighted by Crippen LogP contribution is 2.13. The molecule has 0 saturated heterocycles. The van der Waals surface area contributed by atoms with Crippen molar-refractivity contribution in [1.29, 1.82) is 0 Å². The van der Waals surface area contributed by atoms with Gasteiger partial charge in [0.05, 0.1) is 5.69 Å². The van der Waals surface area contributed by atoms with Crippen LogP contribution < -0.4 is 10.2 Å². The quantitative estimate of drug-likeness (QED) is 0.744. The van der Waals surface area contributed by atoms with E-state index < -0.39 is 7.12 Å². The molecule has 0 unspecified atom stereocenters. The lowest BCUT2D eigenvalue weighted by molar-refractivity contribution is 0.300. The van der Waals surface area contributed by atoms with Gasteiger partial charge in [-0.3, -0.25) is 4.68 Å². The number of aryl methyl sites for hydroxylation is 2. The van der Waals surface area contributed by atoms with Gasteiger partial charge in [0.2, 0.25) is 0 Å². The van der Waals surface area contributed by atoms with Crippen molar-refractivity contribution in [1.82, 2.24) is 9.78 Å². The van der Waals surface area contributed by atoms with Gasteiger partial charge in [-0.1, -0.05) is 6.07 Å². The molecular formula is C12H15BN2O3. The van der Waals surface area contributed by atoms with Crippen molar-refractivity contribution in [3.8, 4) is 5.75 Å². The van der Waals surface area contributed by atoms with Crippen molar-refractivity contribution >= 4 is 12.6 Å². The molecule has 94 valence electrons. The lowest BCUT2D eigenvalue weighted by atomic mass is 9.77. The van der Waals surface area contributed by atoms with E-state index in [1.54, 1.807) is 22.9 Å². The van der Waals surface area contributed by atoms with Gasteiger partial charge in [-0.25, -0.2) is 0 Å². The first-order valence-electron chi connectivity index (χ1n) is 5.64. The molecule has 2 rings (SSSR count). The third-order valence-electron chi connectivity index (χ3n) is 2.67. The monoisotopic (exact) mass is 246 g/mol. The molecule has 5 nitrogen and oxygen atoms in total. The highest BCUT2D eigenvalue weighted by Gasteiger charge is 2.14. The van der Waals surface area contributed by atoms with Crippen molar-refractivity contribution in [2.75, 3.05) is 0 Å². The Morgan fingerprint density at radius 3 is 2.67 bits per heavy atom. The van der Waals surface area contributed by atoms with E-state index in [4.69, 9.17) is 14.8 Å². The molecule has 0 amide bonds. The van der Waals surface area contributed by atoms with Crippen LogP contribution in [-0.2, 0) is 13.7 Å². The van der Waals surface area contributed by atoms with Crippen LogP contribution in [0.2, 0.25) is 0 Å². The Hall–Kier alpha value is -1.79. The fraction of sp³-hybridized carbons (Fsp3) is 0.250. The zero-order valence-electron chi connectivity index (χ0n) is 10.4. The summed E-state index contributed by atoms with van der Waals surface area (Å²) in [4.78, 5) is 0. The molecular weight excluding hydrogens is 231 g/mol. The summed E-state index contributed by atoms with van der Waals surface area (Å²) in [6.45, 7) is 2.20. The molecule has 0 aliphatic heterocycles. The third-order valence-corrected chi connectivity index (χ3v) is 2.67. The van der Waals surface area contributed by atoms with Gasteiger partial charge in [0, 0.05) is 13.2 Å². The summed E-state index contributed by atoms with van der Waals surface area (Å²) in [5.74, 6) is 0.683. The second kappa shape index (κ2) is 5.24. The predicted octanol–water partition coefficient (Wildman–Crippen LogP) is -0.0127. The molecule has 0 radical (unpaired) electrons. The van der Waals surface area contributed by atoms with Gasteiger partial charge in [-0.05, 0) is 36.1 Å². The maximum absolute atomic E-state index is 9.11. The third kappa shape index (κ3) is 2.91. The first-order valence-corrected chi connectivity index (χ1v) is 5.64. The normalized spacial score (nSPS) is 10.4. The minimum absolute atomic E-state index is 0.390. The van der Waals surface area contributed by atoms with Gasteiger partial charge in [0.1, 0.15) is 12.4 Å². The Balaban J connectivity index is 2.04.